The monoisotopic (exact) mass is 304 g/mol. The number of hydrogen-bond acceptors (Lipinski definition) is 3. The van der Waals surface area contributed by atoms with E-state index in [0.29, 0.717) is 17.3 Å². The molecule has 1 fully saturated rings. The molecule has 118 valence electrons. The van der Waals surface area contributed by atoms with Crippen LogP contribution in [0, 0.1) is 5.41 Å². The third kappa shape index (κ3) is 4.31. The Hall–Kier alpha value is -2.37. The van der Waals surface area contributed by atoms with Crippen molar-refractivity contribution in [1.82, 2.24) is 5.32 Å². The van der Waals surface area contributed by atoms with Crippen molar-refractivity contribution in [3.05, 3.63) is 29.8 Å². The third-order valence-corrected chi connectivity index (χ3v) is 3.52. The summed E-state index contributed by atoms with van der Waals surface area (Å²) in [6.45, 7) is 3.00. The first-order chi connectivity index (χ1) is 10.3. The van der Waals surface area contributed by atoms with Crippen molar-refractivity contribution in [1.29, 1.82) is 0 Å². The molecule has 0 heterocycles. The molecule has 0 spiro atoms. The number of nitrogens with one attached hydrogen (secondary N) is 2. The second-order valence-corrected chi connectivity index (χ2v) is 6.24. The Kier molecular flexibility index (Phi) is 4.49. The summed E-state index contributed by atoms with van der Waals surface area (Å²) in [5.41, 5.74) is -0.0429. The van der Waals surface area contributed by atoms with Gasteiger partial charge in [-0.1, -0.05) is 0 Å². The van der Waals surface area contributed by atoms with Crippen LogP contribution in [-0.4, -0.2) is 28.9 Å². The molecule has 1 aliphatic rings. The van der Waals surface area contributed by atoms with E-state index in [1.807, 2.05) is 0 Å². The molecule has 0 atom stereocenters. The lowest BCUT2D eigenvalue weighted by Gasteiger charge is -2.18. The van der Waals surface area contributed by atoms with Gasteiger partial charge in [-0.15, -0.1) is 0 Å². The van der Waals surface area contributed by atoms with Gasteiger partial charge in [-0.3, -0.25) is 14.4 Å². The minimum Gasteiger partial charge on any atom is -0.481 e. The summed E-state index contributed by atoms with van der Waals surface area (Å²) < 4.78 is 0. The predicted octanol–water partition coefficient (Wildman–Crippen LogP) is 2.02. The van der Waals surface area contributed by atoms with E-state index in [-0.39, 0.29) is 18.2 Å². The maximum atomic E-state index is 11.9. The molecule has 0 aromatic heterocycles. The van der Waals surface area contributed by atoms with Gasteiger partial charge in [-0.25, -0.2) is 0 Å². The van der Waals surface area contributed by atoms with Crippen molar-refractivity contribution >= 4 is 23.5 Å². The highest BCUT2D eigenvalue weighted by Crippen LogP contribution is 2.22. The lowest BCUT2D eigenvalue weighted by molar-refractivity contribution is -0.148. The zero-order valence-electron chi connectivity index (χ0n) is 12.7. The van der Waals surface area contributed by atoms with Crippen LogP contribution in [0.1, 0.15) is 43.5 Å². The van der Waals surface area contributed by atoms with Crippen LogP contribution in [-0.2, 0) is 9.59 Å². The SMILES string of the molecule is CC(C)(CC(=O)Nc1ccc(C(=O)NC2CC2)cc1)C(=O)O. The summed E-state index contributed by atoms with van der Waals surface area (Å²) in [6, 6.07) is 6.83. The molecule has 1 aliphatic carbocycles. The van der Waals surface area contributed by atoms with E-state index in [0.717, 1.165) is 12.8 Å². The maximum absolute atomic E-state index is 11.9. The summed E-state index contributed by atoms with van der Waals surface area (Å²) in [7, 11) is 0. The van der Waals surface area contributed by atoms with Crippen LogP contribution in [0.3, 0.4) is 0 Å². The lowest BCUT2D eigenvalue weighted by atomic mass is 9.89. The molecule has 0 saturated heterocycles. The van der Waals surface area contributed by atoms with Crippen LogP contribution in [0.15, 0.2) is 24.3 Å². The number of carbonyl (C=O) groups is 3. The van der Waals surface area contributed by atoms with Gasteiger partial charge in [-0.05, 0) is 51.0 Å². The zero-order valence-corrected chi connectivity index (χ0v) is 12.7. The Morgan fingerprint density at radius 1 is 1.18 bits per heavy atom. The molecule has 1 saturated carbocycles. The van der Waals surface area contributed by atoms with Gasteiger partial charge >= 0.3 is 5.97 Å². The smallest absolute Gasteiger partial charge is 0.309 e. The van der Waals surface area contributed by atoms with E-state index in [1.165, 1.54) is 13.8 Å². The number of carbonyl (C=O) groups excluding carboxylic acids is 2. The second kappa shape index (κ2) is 6.17. The average molecular weight is 304 g/mol. The first-order valence-electron chi connectivity index (χ1n) is 7.22. The highest BCUT2D eigenvalue weighted by atomic mass is 16.4. The summed E-state index contributed by atoms with van der Waals surface area (Å²) in [6.07, 6.45) is 1.94. The highest BCUT2D eigenvalue weighted by Gasteiger charge is 2.30. The molecule has 0 radical (unpaired) electrons. The van der Waals surface area contributed by atoms with Crippen molar-refractivity contribution in [3.8, 4) is 0 Å². The minimum absolute atomic E-state index is 0.118. The number of amides is 2. The third-order valence-electron chi connectivity index (χ3n) is 3.52. The van der Waals surface area contributed by atoms with Crippen LogP contribution >= 0.6 is 0 Å². The summed E-state index contributed by atoms with van der Waals surface area (Å²) >= 11 is 0. The molecule has 2 rings (SSSR count). The molecule has 6 heteroatoms. The number of carboxylic acids is 1. The van der Waals surface area contributed by atoms with E-state index in [2.05, 4.69) is 10.6 Å². The highest BCUT2D eigenvalue weighted by molar-refractivity contribution is 5.96. The van der Waals surface area contributed by atoms with Crippen molar-refractivity contribution in [3.63, 3.8) is 0 Å². The number of carboxylic acid groups (broad SMARTS) is 1. The predicted molar refractivity (Wildman–Crippen MR) is 81.6 cm³/mol. The fourth-order valence-corrected chi connectivity index (χ4v) is 1.88. The molecule has 0 bridgehead atoms. The van der Waals surface area contributed by atoms with Crippen LogP contribution in [0.4, 0.5) is 5.69 Å². The van der Waals surface area contributed by atoms with Crippen molar-refractivity contribution in [2.24, 2.45) is 5.41 Å². The molecule has 22 heavy (non-hydrogen) atoms. The van der Waals surface area contributed by atoms with Gasteiger partial charge < -0.3 is 15.7 Å². The molecule has 0 unspecified atom stereocenters. The number of aliphatic carboxylic acids is 1. The fraction of sp³-hybridized carbons (Fsp3) is 0.438. The topological polar surface area (TPSA) is 95.5 Å². The Balaban J connectivity index is 1.91. The Labute approximate surface area is 128 Å². The van der Waals surface area contributed by atoms with Gasteiger partial charge in [0.05, 0.1) is 5.41 Å². The Morgan fingerprint density at radius 2 is 1.77 bits per heavy atom. The van der Waals surface area contributed by atoms with Gasteiger partial charge in [0.15, 0.2) is 0 Å². The van der Waals surface area contributed by atoms with Gasteiger partial charge in [0, 0.05) is 23.7 Å². The van der Waals surface area contributed by atoms with E-state index >= 15 is 0 Å². The number of hydrogen-bond donors (Lipinski definition) is 3. The quantitative estimate of drug-likeness (QED) is 0.749. The van der Waals surface area contributed by atoms with E-state index in [1.54, 1.807) is 24.3 Å². The van der Waals surface area contributed by atoms with Crippen LogP contribution in [0.2, 0.25) is 0 Å². The molecular weight excluding hydrogens is 284 g/mol. The normalized spacial score (nSPS) is 14.3. The van der Waals surface area contributed by atoms with E-state index < -0.39 is 11.4 Å². The van der Waals surface area contributed by atoms with Crippen molar-refractivity contribution < 1.29 is 19.5 Å². The standard InChI is InChI=1S/C16H20N2O4/c1-16(2,15(21)22)9-13(19)17-11-5-3-10(4-6-11)14(20)18-12-7-8-12/h3-6,12H,7-9H2,1-2H3,(H,17,19)(H,18,20)(H,21,22). The number of benzene rings is 1. The van der Waals surface area contributed by atoms with Crippen molar-refractivity contribution in [2.75, 3.05) is 5.32 Å². The second-order valence-electron chi connectivity index (χ2n) is 6.24. The van der Waals surface area contributed by atoms with E-state index in [4.69, 9.17) is 5.11 Å². The molecule has 1 aromatic carbocycles. The summed E-state index contributed by atoms with van der Waals surface area (Å²) in [5, 5.41) is 14.5. The zero-order chi connectivity index (χ0) is 16.3. The van der Waals surface area contributed by atoms with Crippen LogP contribution in [0.5, 0.6) is 0 Å². The van der Waals surface area contributed by atoms with Crippen LogP contribution < -0.4 is 10.6 Å². The molecule has 1 aromatic rings. The van der Waals surface area contributed by atoms with Gasteiger partial charge in [-0.2, -0.15) is 0 Å². The minimum atomic E-state index is -1.12. The fourth-order valence-electron chi connectivity index (χ4n) is 1.88. The van der Waals surface area contributed by atoms with Gasteiger partial charge in [0.1, 0.15) is 0 Å². The van der Waals surface area contributed by atoms with Gasteiger partial charge in [0.25, 0.3) is 5.91 Å². The lowest BCUT2D eigenvalue weighted by Crippen LogP contribution is -2.29. The molecule has 6 nitrogen and oxygen atoms in total. The average Bonchev–Trinajstić information content (AvgIpc) is 3.22. The number of rotatable bonds is 6. The summed E-state index contributed by atoms with van der Waals surface area (Å²) in [5.74, 6) is -1.51. The summed E-state index contributed by atoms with van der Waals surface area (Å²) in [4.78, 5) is 34.7. The largest absolute Gasteiger partial charge is 0.481 e. The molecule has 0 aliphatic heterocycles. The Bertz CT molecular complexity index is 589. The maximum Gasteiger partial charge on any atom is 0.309 e. The molecule has 3 N–H and O–H groups in total. The van der Waals surface area contributed by atoms with E-state index in [9.17, 15) is 14.4 Å². The van der Waals surface area contributed by atoms with Crippen molar-refractivity contribution in [2.45, 2.75) is 39.2 Å². The van der Waals surface area contributed by atoms with Gasteiger partial charge in [0.2, 0.25) is 5.91 Å². The molecular formula is C16H20N2O4. The first kappa shape index (κ1) is 16.0. The molecule has 2 amide bonds. The first-order valence-corrected chi connectivity index (χ1v) is 7.22. The number of anilines is 1. The Morgan fingerprint density at radius 3 is 2.27 bits per heavy atom. The van der Waals surface area contributed by atoms with Crippen LogP contribution in [0.25, 0.3) is 0 Å².